The lowest BCUT2D eigenvalue weighted by Crippen LogP contribution is -2.32. The summed E-state index contributed by atoms with van der Waals surface area (Å²) in [4.78, 5) is 20.9. The first-order chi connectivity index (χ1) is 15.2. The summed E-state index contributed by atoms with van der Waals surface area (Å²) in [6.45, 7) is 1.59. The van der Waals surface area contributed by atoms with E-state index in [2.05, 4.69) is 32.3 Å². The molecule has 31 heavy (non-hydrogen) atoms. The summed E-state index contributed by atoms with van der Waals surface area (Å²) in [6, 6.07) is 14.8. The molecule has 1 saturated carbocycles. The SMILES string of the molecule is Clc1cnc(N2CCc3nc(NC4CC4)ncc3C2)cc1-c1ccc2ccccc2n1. The molecule has 4 aromatic rings. The largest absolute Gasteiger partial charge is 0.352 e. The maximum absolute atomic E-state index is 6.52. The van der Waals surface area contributed by atoms with Gasteiger partial charge in [-0.2, -0.15) is 0 Å². The van der Waals surface area contributed by atoms with E-state index in [1.54, 1.807) is 6.20 Å². The lowest BCUT2D eigenvalue weighted by Gasteiger charge is -2.29. The van der Waals surface area contributed by atoms with Gasteiger partial charge >= 0.3 is 0 Å². The molecule has 0 unspecified atom stereocenters. The molecule has 4 heterocycles. The van der Waals surface area contributed by atoms with Gasteiger partial charge in [0.25, 0.3) is 0 Å². The molecule has 6 rings (SSSR count). The first-order valence-electron chi connectivity index (χ1n) is 10.6. The summed E-state index contributed by atoms with van der Waals surface area (Å²) in [5.41, 5.74) is 4.97. The Morgan fingerprint density at radius 3 is 2.81 bits per heavy atom. The van der Waals surface area contributed by atoms with Crippen LogP contribution < -0.4 is 10.2 Å². The van der Waals surface area contributed by atoms with Crippen molar-refractivity contribution >= 4 is 34.3 Å². The molecule has 0 radical (unpaired) electrons. The molecule has 1 N–H and O–H groups in total. The van der Waals surface area contributed by atoms with Crippen LogP contribution in [0.4, 0.5) is 11.8 Å². The Morgan fingerprint density at radius 1 is 1.00 bits per heavy atom. The fourth-order valence-electron chi connectivity index (χ4n) is 4.00. The minimum atomic E-state index is 0.554. The normalized spacial score (nSPS) is 15.7. The number of fused-ring (bicyclic) bond motifs is 2. The van der Waals surface area contributed by atoms with Crippen LogP contribution in [0.3, 0.4) is 0 Å². The highest BCUT2D eigenvalue weighted by Gasteiger charge is 2.24. The summed E-state index contributed by atoms with van der Waals surface area (Å²) in [5, 5.41) is 5.09. The number of anilines is 2. The van der Waals surface area contributed by atoms with E-state index in [9.17, 15) is 0 Å². The van der Waals surface area contributed by atoms with Crippen molar-refractivity contribution in [3.05, 3.63) is 71.1 Å². The fraction of sp³-hybridized carbons (Fsp3) is 0.250. The third-order valence-corrected chi connectivity index (χ3v) is 6.18. The zero-order valence-corrected chi connectivity index (χ0v) is 17.7. The van der Waals surface area contributed by atoms with E-state index in [0.29, 0.717) is 11.1 Å². The monoisotopic (exact) mass is 428 g/mol. The number of pyridine rings is 2. The number of halogens is 1. The predicted octanol–water partition coefficient (Wildman–Crippen LogP) is 4.88. The van der Waals surface area contributed by atoms with Crippen molar-refractivity contribution in [1.82, 2.24) is 19.9 Å². The molecule has 3 aromatic heterocycles. The van der Waals surface area contributed by atoms with Crippen molar-refractivity contribution in [2.45, 2.75) is 31.8 Å². The average molecular weight is 429 g/mol. The quantitative estimate of drug-likeness (QED) is 0.499. The number of para-hydroxylation sites is 1. The van der Waals surface area contributed by atoms with Gasteiger partial charge in [0.1, 0.15) is 5.82 Å². The Hall–Kier alpha value is -3.25. The van der Waals surface area contributed by atoms with Crippen molar-refractivity contribution in [3.63, 3.8) is 0 Å². The minimum absolute atomic E-state index is 0.554. The van der Waals surface area contributed by atoms with Crippen molar-refractivity contribution < 1.29 is 0 Å². The average Bonchev–Trinajstić information content (AvgIpc) is 3.63. The lowest BCUT2D eigenvalue weighted by molar-refractivity contribution is 0.697. The van der Waals surface area contributed by atoms with Gasteiger partial charge in [0, 0.05) is 54.5 Å². The first kappa shape index (κ1) is 18.5. The molecule has 0 bridgehead atoms. The molecule has 0 spiro atoms. The van der Waals surface area contributed by atoms with Crippen LogP contribution in [0.15, 0.2) is 54.9 Å². The lowest BCUT2D eigenvalue weighted by atomic mass is 10.1. The second-order valence-corrected chi connectivity index (χ2v) is 8.57. The molecule has 1 aliphatic heterocycles. The van der Waals surface area contributed by atoms with E-state index in [1.165, 1.54) is 12.8 Å². The second kappa shape index (κ2) is 7.46. The third kappa shape index (κ3) is 3.68. The highest BCUT2D eigenvalue weighted by molar-refractivity contribution is 6.33. The Labute approximate surface area is 185 Å². The van der Waals surface area contributed by atoms with Crippen LogP contribution in [0.2, 0.25) is 5.02 Å². The molecule has 1 aromatic carbocycles. The molecule has 0 atom stereocenters. The number of nitrogens with zero attached hydrogens (tertiary/aromatic N) is 5. The summed E-state index contributed by atoms with van der Waals surface area (Å²) in [6.07, 6.45) is 6.96. The zero-order chi connectivity index (χ0) is 20.8. The summed E-state index contributed by atoms with van der Waals surface area (Å²) in [5.74, 6) is 1.64. The van der Waals surface area contributed by atoms with Crippen molar-refractivity contribution in [1.29, 1.82) is 0 Å². The van der Waals surface area contributed by atoms with Gasteiger partial charge in [0.2, 0.25) is 5.95 Å². The van der Waals surface area contributed by atoms with Gasteiger partial charge in [-0.15, -0.1) is 0 Å². The van der Waals surface area contributed by atoms with Crippen LogP contribution in [0, 0.1) is 0 Å². The Kier molecular flexibility index (Phi) is 4.46. The van der Waals surface area contributed by atoms with Crippen LogP contribution in [-0.4, -0.2) is 32.5 Å². The number of rotatable bonds is 4. The van der Waals surface area contributed by atoms with Crippen LogP contribution in [0.5, 0.6) is 0 Å². The number of hydrogen-bond acceptors (Lipinski definition) is 6. The summed E-state index contributed by atoms with van der Waals surface area (Å²) >= 11 is 6.52. The van der Waals surface area contributed by atoms with E-state index in [0.717, 1.165) is 64.7 Å². The Bertz CT molecular complexity index is 1290. The van der Waals surface area contributed by atoms with Gasteiger partial charge in [0.05, 0.1) is 21.9 Å². The van der Waals surface area contributed by atoms with Crippen LogP contribution >= 0.6 is 11.6 Å². The van der Waals surface area contributed by atoms with E-state index >= 15 is 0 Å². The Morgan fingerprint density at radius 2 is 1.90 bits per heavy atom. The van der Waals surface area contributed by atoms with E-state index in [1.807, 2.05) is 36.5 Å². The number of aromatic nitrogens is 4. The summed E-state index contributed by atoms with van der Waals surface area (Å²) in [7, 11) is 0. The molecule has 6 nitrogen and oxygen atoms in total. The second-order valence-electron chi connectivity index (χ2n) is 8.17. The number of nitrogens with one attached hydrogen (secondary N) is 1. The molecule has 2 aliphatic rings. The maximum Gasteiger partial charge on any atom is 0.223 e. The number of hydrogen-bond donors (Lipinski definition) is 1. The van der Waals surface area contributed by atoms with E-state index in [4.69, 9.17) is 21.6 Å². The summed E-state index contributed by atoms with van der Waals surface area (Å²) < 4.78 is 0. The predicted molar refractivity (Wildman–Crippen MR) is 123 cm³/mol. The van der Waals surface area contributed by atoms with Gasteiger partial charge in [0.15, 0.2) is 0 Å². The van der Waals surface area contributed by atoms with Gasteiger partial charge in [-0.1, -0.05) is 35.9 Å². The van der Waals surface area contributed by atoms with E-state index < -0.39 is 0 Å². The van der Waals surface area contributed by atoms with E-state index in [-0.39, 0.29) is 0 Å². The van der Waals surface area contributed by atoms with Crippen molar-refractivity contribution in [2.24, 2.45) is 0 Å². The van der Waals surface area contributed by atoms with Crippen molar-refractivity contribution in [3.8, 4) is 11.3 Å². The molecule has 1 fully saturated rings. The first-order valence-corrected chi connectivity index (χ1v) is 11.0. The highest BCUT2D eigenvalue weighted by atomic mass is 35.5. The molecular formula is C24H21ClN6. The van der Waals surface area contributed by atoms with Gasteiger partial charge in [-0.25, -0.2) is 19.9 Å². The zero-order valence-electron chi connectivity index (χ0n) is 16.9. The minimum Gasteiger partial charge on any atom is -0.352 e. The molecule has 7 heteroatoms. The highest BCUT2D eigenvalue weighted by Crippen LogP contribution is 2.32. The maximum atomic E-state index is 6.52. The molecule has 1 aliphatic carbocycles. The van der Waals surface area contributed by atoms with Gasteiger partial charge < -0.3 is 10.2 Å². The fourth-order valence-corrected chi connectivity index (χ4v) is 4.20. The number of benzene rings is 1. The van der Waals surface area contributed by atoms with Gasteiger partial charge in [-0.05, 0) is 31.0 Å². The smallest absolute Gasteiger partial charge is 0.223 e. The third-order valence-electron chi connectivity index (χ3n) is 5.88. The topological polar surface area (TPSA) is 66.8 Å². The standard InChI is InChI=1S/C24H21ClN6/c25-19-13-26-23(11-18(19)22-8-5-15-3-1-2-4-20(15)29-22)31-10-9-21-16(14-31)12-27-24(30-21)28-17-6-7-17/h1-5,8,11-13,17H,6-7,9-10,14H2,(H,27,28,30). The van der Waals surface area contributed by atoms with Gasteiger partial charge in [-0.3, -0.25) is 0 Å². The molecule has 0 amide bonds. The molecule has 0 saturated heterocycles. The van der Waals surface area contributed by atoms with Crippen LogP contribution in [0.25, 0.3) is 22.2 Å². The molecule has 154 valence electrons. The van der Waals surface area contributed by atoms with Crippen LogP contribution in [-0.2, 0) is 13.0 Å². The molecular weight excluding hydrogens is 408 g/mol. The van der Waals surface area contributed by atoms with Crippen molar-refractivity contribution in [2.75, 3.05) is 16.8 Å². The van der Waals surface area contributed by atoms with Crippen LogP contribution in [0.1, 0.15) is 24.1 Å². The Balaban J connectivity index is 1.29.